The van der Waals surface area contributed by atoms with Gasteiger partial charge in [0.1, 0.15) is 5.75 Å². The van der Waals surface area contributed by atoms with Gasteiger partial charge in [-0.15, -0.1) is 0 Å². The molecule has 2 N–H and O–H groups in total. The summed E-state index contributed by atoms with van der Waals surface area (Å²) in [6.45, 7) is 1.95. The minimum absolute atomic E-state index is 0.0622. The number of halogens is 1. The van der Waals surface area contributed by atoms with Crippen LogP contribution >= 0.6 is 11.6 Å². The molecule has 0 radical (unpaired) electrons. The number of nitrogens with zero attached hydrogens (tertiary/aromatic N) is 1. The summed E-state index contributed by atoms with van der Waals surface area (Å²) >= 11 is 6.01. The molecule has 6 nitrogen and oxygen atoms in total. The van der Waals surface area contributed by atoms with Crippen LogP contribution in [0.2, 0.25) is 5.02 Å². The van der Waals surface area contributed by atoms with Crippen molar-refractivity contribution < 1.29 is 14.3 Å². The number of hydrogen-bond acceptors (Lipinski definition) is 4. The molecule has 0 aliphatic heterocycles. The van der Waals surface area contributed by atoms with Crippen LogP contribution in [0.15, 0.2) is 42.5 Å². The van der Waals surface area contributed by atoms with Crippen molar-refractivity contribution in [2.24, 2.45) is 0 Å². The standard InChI is InChI=1S/C19H22ClN3O3/c1-13-10-14(26-3)8-9-16(13)21-11-19(25)23(2)12-18(24)22-17-7-5-4-6-15(17)20/h4-10,21H,11-12H2,1-3H3,(H,22,24). The third-order valence-corrected chi connectivity index (χ3v) is 4.15. The van der Waals surface area contributed by atoms with Crippen LogP contribution in [-0.4, -0.2) is 44.0 Å². The first-order valence-corrected chi connectivity index (χ1v) is 8.45. The van der Waals surface area contributed by atoms with E-state index in [9.17, 15) is 9.59 Å². The lowest BCUT2D eigenvalue weighted by Crippen LogP contribution is -2.38. The van der Waals surface area contributed by atoms with Gasteiger partial charge in [-0.2, -0.15) is 0 Å². The Morgan fingerprint density at radius 1 is 1.15 bits per heavy atom. The van der Waals surface area contributed by atoms with Crippen molar-refractivity contribution in [2.45, 2.75) is 6.92 Å². The molecule has 2 rings (SSSR count). The zero-order chi connectivity index (χ0) is 19.1. The minimum atomic E-state index is -0.311. The van der Waals surface area contributed by atoms with Gasteiger partial charge in [-0.3, -0.25) is 9.59 Å². The third kappa shape index (κ3) is 5.39. The van der Waals surface area contributed by atoms with Crippen LogP contribution in [0.3, 0.4) is 0 Å². The largest absolute Gasteiger partial charge is 0.497 e. The number of benzene rings is 2. The number of carbonyl (C=O) groups is 2. The van der Waals surface area contributed by atoms with E-state index in [0.29, 0.717) is 10.7 Å². The summed E-state index contributed by atoms with van der Waals surface area (Å²) < 4.78 is 5.16. The van der Waals surface area contributed by atoms with Gasteiger partial charge in [0.05, 0.1) is 30.9 Å². The lowest BCUT2D eigenvalue weighted by atomic mass is 10.2. The first-order valence-electron chi connectivity index (χ1n) is 8.07. The Morgan fingerprint density at radius 3 is 2.54 bits per heavy atom. The summed E-state index contributed by atoms with van der Waals surface area (Å²) in [5.74, 6) is 0.247. The zero-order valence-electron chi connectivity index (χ0n) is 15.0. The molecular weight excluding hydrogens is 354 g/mol. The molecule has 0 unspecified atom stereocenters. The molecule has 0 saturated heterocycles. The predicted octanol–water partition coefficient (Wildman–Crippen LogP) is 3.17. The van der Waals surface area contributed by atoms with E-state index >= 15 is 0 Å². The Hall–Kier alpha value is -2.73. The number of likely N-dealkylation sites (N-methyl/N-ethyl adjacent to an activating group) is 1. The normalized spacial score (nSPS) is 10.2. The van der Waals surface area contributed by atoms with E-state index in [1.807, 2.05) is 25.1 Å². The van der Waals surface area contributed by atoms with Gasteiger partial charge < -0.3 is 20.3 Å². The van der Waals surface area contributed by atoms with Crippen LogP contribution in [0.1, 0.15) is 5.56 Å². The van der Waals surface area contributed by atoms with E-state index in [1.54, 1.807) is 38.4 Å². The molecule has 0 aromatic heterocycles. The average Bonchev–Trinajstić information content (AvgIpc) is 2.62. The van der Waals surface area contributed by atoms with Gasteiger partial charge in [-0.1, -0.05) is 23.7 Å². The van der Waals surface area contributed by atoms with Crippen molar-refractivity contribution in [3.05, 3.63) is 53.1 Å². The van der Waals surface area contributed by atoms with Crippen molar-refractivity contribution in [1.82, 2.24) is 4.90 Å². The van der Waals surface area contributed by atoms with Crippen LogP contribution in [0.5, 0.6) is 5.75 Å². The monoisotopic (exact) mass is 375 g/mol. The van der Waals surface area contributed by atoms with E-state index in [0.717, 1.165) is 17.0 Å². The fourth-order valence-corrected chi connectivity index (χ4v) is 2.51. The van der Waals surface area contributed by atoms with Crippen molar-refractivity contribution in [1.29, 1.82) is 0 Å². The highest BCUT2D eigenvalue weighted by Crippen LogP contribution is 2.21. The number of anilines is 2. The Morgan fingerprint density at radius 2 is 1.88 bits per heavy atom. The van der Waals surface area contributed by atoms with E-state index in [4.69, 9.17) is 16.3 Å². The molecule has 0 bridgehead atoms. The van der Waals surface area contributed by atoms with Crippen molar-refractivity contribution in [3.63, 3.8) is 0 Å². The van der Waals surface area contributed by atoms with Crippen molar-refractivity contribution >= 4 is 34.8 Å². The van der Waals surface area contributed by atoms with E-state index in [2.05, 4.69) is 10.6 Å². The van der Waals surface area contributed by atoms with E-state index in [-0.39, 0.29) is 24.9 Å². The molecule has 26 heavy (non-hydrogen) atoms. The lowest BCUT2D eigenvalue weighted by molar-refractivity contribution is -0.131. The van der Waals surface area contributed by atoms with Crippen LogP contribution in [0.25, 0.3) is 0 Å². The maximum atomic E-state index is 12.2. The van der Waals surface area contributed by atoms with Gasteiger partial charge in [0, 0.05) is 12.7 Å². The predicted molar refractivity (Wildman–Crippen MR) is 104 cm³/mol. The van der Waals surface area contributed by atoms with Crippen LogP contribution in [0, 0.1) is 6.92 Å². The molecular formula is C19H22ClN3O3. The van der Waals surface area contributed by atoms with Gasteiger partial charge in [0.25, 0.3) is 0 Å². The zero-order valence-corrected chi connectivity index (χ0v) is 15.8. The maximum Gasteiger partial charge on any atom is 0.244 e. The summed E-state index contributed by atoms with van der Waals surface area (Å²) in [6, 6.07) is 12.5. The second kappa shape index (κ2) is 9.10. The number of aryl methyl sites for hydroxylation is 1. The fraction of sp³-hybridized carbons (Fsp3) is 0.263. The Balaban J connectivity index is 1.85. The smallest absolute Gasteiger partial charge is 0.244 e. The van der Waals surface area contributed by atoms with E-state index in [1.165, 1.54) is 4.90 Å². The lowest BCUT2D eigenvalue weighted by Gasteiger charge is -2.18. The number of nitrogens with one attached hydrogen (secondary N) is 2. The molecule has 7 heteroatoms. The number of ether oxygens (including phenoxy) is 1. The van der Waals surface area contributed by atoms with Gasteiger partial charge >= 0.3 is 0 Å². The Labute approximate surface area is 158 Å². The summed E-state index contributed by atoms with van der Waals surface area (Å²) in [7, 11) is 3.19. The van der Waals surface area contributed by atoms with Crippen LogP contribution in [-0.2, 0) is 9.59 Å². The van der Waals surface area contributed by atoms with Gasteiger partial charge in [0.15, 0.2) is 0 Å². The molecule has 138 valence electrons. The second-order valence-corrected chi connectivity index (χ2v) is 6.22. The number of hydrogen-bond donors (Lipinski definition) is 2. The molecule has 0 aliphatic carbocycles. The summed E-state index contributed by atoms with van der Waals surface area (Å²) in [5.41, 5.74) is 2.33. The maximum absolute atomic E-state index is 12.2. The second-order valence-electron chi connectivity index (χ2n) is 5.81. The van der Waals surface area contributed by atoms with Crippen LogP contribution in [0.4, 0.5) is 11.4 Å². The Bertz CT molecular complexity index is 795. The Kier molecular flexibility index (Phi) is 6.86. The molecule has 0 aliphatic rings. The van der Waals surface area contributed by atoms with Crippen molar-refractivity contribution in [3.8, 4) is 5.75 Å². The SMILES string of the molecule is COc1ccc(NCC(=O)N(C)CC(=O)Nc2ccccc2Cl)c(C)c1. The highest BCUT2D eigenvalue weighted by atomic mass is 35.5. The molecule has 0 atom stereocenters. The molecule has 2 aromatic carbocycles. The third-order valence-electron chi connectivity index (χ3n) is 3.82. The van der Waals surface area contributed by atoms with E-state index < -0.39 is 0 Å². The fourth-order valence-electron chi connectivity index (χ4n) is 2.32. The summed E-state index contributed by atoms with van der Waals surface area (Å²) in [6.07, 6.45) is 0. The molecule has 2 amide bonds. The highest BCUT2D eigenvalue weighted by Gasteiger charge is 2.14. The van der Waals surface area contributed by atoms with Gasteiger partial charge in [0.2, 0.25) is 11.8 Å². The topological polar surface area (TPSA) is 70.7 Å². The molecule has 0 fully saturated rings. The molecule has 2 aromatic rings. The highest BCUT2D eigenvalue weighted by molar-refractivity contribution is 6.33. The number of amides is 2. The van der Waals surface area contributed by atoms with Crippen molar-refractivity contribution in [2.75, 3.05) is 37.9 Å². The van der Waals surface area contributed by atoms with Gasteiger partial charge in [-0.25, -0.2) is 0 Å². The summed E-state index contributed by atoms with van der Waals surface area (Å²) in [4.78, 5) is 25.7. The molecule has 0 saturated carbocycles. The van der Waals surface area contributed by atoms with Gasteiger partial charge in [-0.05, 0) is 42.8 Å². The quantitative estimate of drug-likeness (QED) is 0.779. The molecule has 0 spiro atoms. The first kappa shape index (κ1) is 19.6. The number of carbonyl (C=O) groups excluding carboxylic acids is 2. The number of methoxy groups -OCH3 is 1. The van der Waals surface area contributed by atoms with Crippen LogP contribution < -0.4 is 15.4 Å². The number of para-hydroxylation sites is 1. The first-order chi connectivity index (χ1) is 12.4. The number of rotatable bonds is 7. The summed E-state index contributed by atoms with van der Waals surface area (Å²) in [5, 5.41) is 6.22. The minimum Gasteiger partial charge on any atom is -0.497 e. The molecule has 0 heterocycles. The average molecular weight is 376 g/mol.